The Hall–Kier alpha value is -2.34. The maximum atomic E-state index is 11.9. The van der Waals surface area contributed by atoms with E-state index in [0.29, 0.717) is 5.02 Å². The number of hydrogen-bond acceptors (Lipinski definition) is 3. The Labute approximate surface area is 119 Å². The minimum Gasteiger partial charge on any atom is -0.348 e. The van der Waals surface area contributed by atoms with Crippen molar-refractivity contribution < 1.29 is 4.79 Å². The van der Waals surface area contributed by atoms with Gasteiger partial charge in [0.1, 0.15) is 5.56 Å². The van der Waals surface area contributed by atoms with Crippen LogP contribution in [-0.2, 0) is 13.6 Å². The van der Waals surface area contributed by atoms with Crippen molar-refractivity contribution in [3.8, 4) is 0 Å². The van der Waals surface area contributed by atoms with Gasteiger partial charge in [-0.2, -0.15) is 0 Å². The highest BCUT2D eigenvalue weighted by Crippen LogP contribution is 2.09. The minimum absolute atomic E-state index is 0.110. The summed E-state index contributed by atoms with van der Waals surface area (Å²) in [5.74, 6) is -0.545. The van der Waals surface area contributed by atoms with E-state index in [-0.39, 0.29) is 12.1 Å². The predicted octanol–water partition coefficient (Wildman–Crippen LogP) is 0.657. The topological polar surface area (TPSA) is 84.0 Å². The number of amides is 1. The highest BCUT2D eigenvalue weighted by atomic mass is 35.5. The quantitative estimate of drug-likeness (QED) is 0.872. The second-order valence-corrected chi connectivity index (χ2v) is 4.62. The Morgan fingerprint density at radius 1 is 1.30 bits per heavy atom. The molecule has 6 nitrogen and oxygen atoms in total. The van der Waals surface area contributed by atoms with E-state index in [9.17, 15) is 14.4 Å². The molecule has 104 valence electrons. The third-order valence-electron chi connectivity index (χ3n) is 2.79. The van der Waals surface area contributed by atoms with E-state index in [4.69, 9.17) is 11.6 Å². The number of benzene rings is 1. The number of nitrogens with one attached hydrogen (secondary N) is 2. The Bertz CT molecular complexity index is 747. The number of rotatable bonds is 3. The lowest BCUT2D eigenvalue weighted by atomic mass is 10.2. The van der Waals surface area contributed by atoms with Crippen LogP contribution in [-0.4, -0.2) is 15.5 Å². The van der Waals surface area contributed by atoms with Gasteiger partial charge in [0.2, 0.25) is 0 Å². The summed E-state index contributed by atoms with van der Waals surface area (Å²) in [5.41, 5.74) is -0.461. The molecule has 1 aromatic carbocycles. The van der Waals surface area contributed by atoms with Crippen molar-refractivity contribution in [3.63, 3.8) is 0 Å². The van der Waals surface area contributed by atoms with E-state index < -0.39 is 17.2 Å². The zero-order valence-corrected chi connectivity index (χ0v) is 11.4. The molecule has 0 unspecified atom stereocenters. The average molecular weight is 294 g/mol. The molecule has 0 fully saturated rings. The van der Waals surface area contributed by atoms with Crippen molar-refractivity contribution >= 4 is 17.5 Å². The molecule has 1 heterocycles. The van der Waals surface area contributed by atoms with Crippen LogP contribution < -0.4 is 16.6 Å². The zero-order chi connectivity index (χ0) is 14.7. The molecule has 0 bridgehead atoms. The van der Waals surface area contributed by atoms with Crippen molar-refractivity contribution in [1.29, 1.82) is 0 Å². The van der Waals surface area contributed by atoms with Crippen LogP contribution in [0.25, 0.3) is 0 Å². The number of halogens is 1. The van der Waals surface area contributed by atoms with Crippen LogP contribution in [0.2, 0.25) is 5.02 Å². The molecule has 0 spiro atoms. The first-order valence-electron chi connectivity index (χ1n) is 5.80. The van der Waals surface area contributed by atoms with Crippen LogP contribution >= 0.6 is 11.6 Å². The lowest BCUT2D eigenvalue weighted by molar-refractivity contribution is 0.0948. The second-order valence-electron chi connectivity index (χ2n) is 4.18. The number of hydrogen-bond donors (Lipinski definition) is 2. The smallest absolute Gasteiger partial charge is 0.328 e. The molecular formula is C13H12ClN3O3. The fraction of sp³-hybridized carbons (Fsp3) is 0.154. The first kappa shape index (κ1) is 14.1. The van der Waals surface area contributed by atoms with Gasteiger partial charge in [0.05, 0.1) is 0 Å². The number of aromatic amines is 1. The molecule has 2 rings (SSSR count). The molecule has 1 amide bonds. The fourth-order valence-electron chi connectivity index (χ4n) is 1.61. The van der Waals surface area contributed by atoms with Crippen molar-refractivity contribution in [3.05, 3.63) is 67.4 Å². The number of aromatic nitrogens is 2. The van der Waals surface area contributed by atoms with Gasteiger partial charge < -0.3 is 10.3 Å². The van der Waals surface area contributed by atoms with Crippen LogP contribution in [0.4, 0.5) is 0 Å². The highest BCUT2D eigenvalue weighted by molar-refractivity contribution is 6.30. The van der Waals surface area contributed by atoms with Crippen molar-refractivity contribution in [2.45, 2.75) is 6.54 Å². The molecule has 2 aromatic rings. The Morgan fingerprint density at radius 2 is 1.95 bits per heavy atom. The van der Waals surface area contributed by atoms with E-state index in [2.05, 4.69) is 10.3 Å². The molecule has 1 aromatic heterocycles. The lowest BCUT2D eigenvalue weighted by Crippen LogP contribution is -2.38. The van der Waals surface area contributed by atoms with Gasteiger partial charge in [-0.15, -0.1) is 0 Å². The monoisotopic (exact) mass is 293 g/mol. The summed E-state index contributed by atoms with van der Waals surface area (Å²) in [6, 6.07) is 6.96. The van der Waals surface area contributed by atoms with E-state index in [0.717, 1.165) is 16.3 Å². The molecule has 0 atom stereocenters. The van der Waals surface area contributed by atoms with Crippen molar-refractivity contribution in [1.82, 2.24) is 14.9 Å². The summed E-state index contributed by atoms with van der Waals surface area (Å²) >= 11 is 5.76. The van der Waals surface area contributed by atoms with Gasteiger partial charge >= 0.3 is 5.69 Å². The van der Waals surface area contributed by atoms with Gasteiger partial charge in [-0.05, 0) is 17.7 Å². The first-order chi connectivity index (χ1) is 9.49. The van der Waals surface area contributed by atoms with E-state index in [1.807, 2.05) is 0 Å². The van der Waals surface area contributed by atoms with Crippen LogP contribution in [0.5, 0.6) is 0 Å². The van der Waals surface area contributed by atoms with Crippen LogP contribution in [0.3, 0.4) is 0 Å². The van der Waals surface area contributed by atoms with Gasteiger partial charge in [-0.25, -0.2) is 4.79 Å². The van der Waals surface area contributed by atoms with Gasteiger partial charge in [0, 0.05) is 24.8 Å². The van der Waals surface area contributed by atoms with E-state index in [1.54, 1.807) is 24.3 Å². The van der Waals surface area contributed by atoms with Gasteiger partial charge in [0.25, 0.3) is 11.5 Å². The predicted molar refractivity (Wildman–Crippen MR) is 74.9 cm³/mol. The van der Waals surface area contributed by atoms with Gasteiger partial charge in [-0.3, -0.25) is 14.2 Å². The summed E-state index contributed by atoms with van der Waals surface area (Å²) in [5, 5.41) is 3.21. The van der Waals surface area contributed by atoms with E-state index in [1.165, 1.54) is 7.05 Å². The summed E-state index contributed by atoms with van der Waals surface area (Å²) in [4.78, 5) is 37.2. The van der Waals surface area contributed by atoms with Crippen LogP contribution in [0.1, 0.15) is 15.9 Å². The molecule has 0 aliphatic carbocycles. The molecule has 2 N–H and O–H groups in total. The van der Waals surface area contributed by atoms with Crippen molar-refractivity contribution in [2.24, 2.45) is 7.05 Å². The van der Waals surface area contributed by atoms with Crippen LogP contribution in [0, 0.1) is 0 Å². The molecule has 0 aliphatic heterocycles. The lowest BCUT2D eigenvalue weighted by Gasteiger charge is -2.05. The maximum Gasteiger partial charge on any atom is 0.328 e. The fourth-order valence-corrected chi connectivity index (χ4v) is 1.73. The molecule has 0 radical (unpaired) electrons. The van der Waals surface area contributed by atoms with Crippen molar-refractivity contribution in [2.75, 3.05) is 0 Å². The normalized spacial score (nSPS) is 10.3. The van der Waals surface area contributed by atoms with E-state index >= 15 is 0 Å². The summed E-state index contributed by atoms with van der Waals surface area (Å²) in [6.45, 7) is 0.262. The molecule has 0 saturated carbocycles. The molecule has 0 aliphatic rings. The van der Waals surface area contributed by atoms with Gasteiger partial charge in [0.15, 0.2) is 0 Å². The number of carbonyl (C=O) groups is 1. The Balaban J connectivity index is 2.13. The van der Waals surface area contributed by atoms with Gasteiger partial charge in [-0.1, -0.05) is 23.7 Å². The molecule has 7 heteroatoms. The number of H-pyrrole nitrogens is 1. The highest BCUT2D eigenvalue weighted by Gasteiger charge is 2.12. The SMILES string of the molecule is Cn1c(=O)[nH]cc(C(=O)NCc2ccc(Cl)cc2)c1=O. The minimum atomic E-state index is -0.637. The summed E-state index contributed by atoms with van der Waals surface area (Å²) in [6.07, 6.45) is 1.11. The Morgan fingerprint density at radius 3 is 2.60 bits per heavy atom. The second kappa shape index (κ2) is 5.75. The standard InChI is InChI=1S/C13H12ClN3O3/c1-17-12(19)10(7-16-13(17)20)11(18)15-6-8-2-4-9(14)5-3-8/h2-5,7H,6H2,1H3,(H,15,18)(H,16,20). The largest absolute Gasteiger partial charge is 0.348 e. The maximum absolute atomic E-state index is 11.9. The summed E-state index contributed by atoms with van der Waals surface area (Å²) in [7, 11) is 1.30. The first-order valence-corrected chi connectivity index (χ1v) is 6.18. The third kappa shape index (κ3) is 2.97. The number of carbonyl (C=O) groups excluding carboxylic acids is 1. The zero-order valence-electron chi connectivity index (χ0n) is 10.6. The molecule has 0 saturated heterocycles. The number of nitrogens with zero attached hydrogens (tertiary/aromatic N) is 1. The Kier molecular flexibility index (Phi) is 4.05. The third-order valence-corrected chi connectivity index (χ3v) is 3.04. The average Bonchev–Trinajstić information content (AvgIpc) is 2.44. The molecular weight excluding hydrogens is 282 g/mol. The summed E-state index contributed by atoms with van der Waals surface area (Å²) < 4.78 is 0.844. The van der Waals surface area contributed by atoms with Crippen LogP contribution in [0.15, 0.2) is 40.1 Å². The molecule has 20 heavy (non-hydrogen) atoms.